The average molecular weight is 322 g/mol. The molecule has 1 aromatic carbocycles. The van der Waals surface area contributed by atoms with E-state index in [9.17, 15) is 9.59 Å². The van der Waals surface area contributed by atoms with E-state index in [0.717, 1.165) is 25.7 Å². The van der Waals surface area contributed by atoms with Crippen molar-refractivity contribution in [3.8, 4) is 11.5 Å². The summed E-state index contributed by atoms with van der Waals surface area (Å²) in [6.07, 6.45) is 4.15. The summed E-state index contributed by atoms with van der Waals surface area (Å²) >= 11 is 0. The second kappa shape index (κ2) is 10.5. The van der Waals surface area contributed by atoms with Crippen LogP contribution in [0.15, 0.2) is 18.2 Å². The van der Waals surface area contributed by atoms with Crippen LogP contribution < -0.4 is 20.3 Å². The van der Waals surface area contributed by atoms with Gasteiger partial charge in [0.2, 0.25) is 5.91 Å². The van der Waals surface area contributed by atoms with Gasteiger partial charge in [0.25, 0.3) is 5.91 Å². The summed E-state index contributed by atoms with van der Waals surface area (Å²) in [5, 5.41) is 0. The van der Waals surface area contributed by atoms with Crippen molar-refractivity contribution in [1.82, 2.24) is 10.9 Å². The van der Waals surface area contributed by atoms with E-state index >= 15 is 0 Å². The van der Waals surface area contributed by atoms with Crippen molar-refractivity contribution >= 4 is 11.8 Å². The van der Waals surface area contributed by atoms with Gasteiger partial charge in [-0.05, 0) is 31.0 Å². The molecule has 0 heterocycles. The van der Waals surface area contributed by atoms with Gasteiger partial charge < -0.3 is 9.47 Å². The van der Waals surface area contributed by atoms with Crippen molar-refractivity contribution in [1.29, 1.82) is 0 Å². The maximum absolute atomic E-state index is 12.1. The van der Waals surface area contributed by atoms with Crippen molar-refractivity contribution in [2.45, 2.75) is 46.0 Å². The number of ether oxygens (including phenoxy) is 2. The van der Waals surface area contributed by atoms with Crippen LogP contribution in [-0.4, -0.2) is 25.5 Å². The molecule has 0 aliphatic carbocycles. The molecule has 0 spiro atoms. The van der Waals surface area contributed by atoms with Crippen LogP contribution in [0.25, 0.3) is 0 Å². The maximum Gasteiger partial charge on any atom is 0.269 e. The largest absolute Gasteiger partial charge is 0.493 e. The quantitative estimate of drug-likeness (QED) is 0.541. The predicted molar refractivity (Wildman–Crippen MR) is 88.5 cm³/mol. The van der Waals surface area contributed by atoms with Crippen LogP contribution in [0.1, 0.15) is 56.3 Å². The van der Waals surface area contributed by atoms with E-state index in [0.29, 0.717) is 30.1 Å². The lowest BCUT2D eigenvalue weighted by Crippen LogP contribution is -2.41. The number of benzene rings is 1. The number of amides is 2. The number of nitrogens with one attached hydrogen (secondary N) is 2. The molecule has 0 radical (unpaired) electrons. The molecular formula is C17H26N2O4. The highest BCUT2D eigenvalue weighted by Gasteiger charge is 2.12. The average Bonchev–Trinajstić information content (AvgIpc) is 2.57. The van der Waals surface area contributed by atoms with Crippen molar-refractivity contribution < 1.29 is 19.1 Å². The number of methoxy groups -OCH3 is 1. The Labute approximate surface area is 137 Å². The zero-order chi connectivity index (χ0) is 17.1. The third-order valence-electron chi connectivity index (χ3n) is 3.21. The zero-order valence-corrected chi connectivity index (χ0v) is 14.1. The Balaban J connectivity index is 2.57. The van der Waals surface area contributed by atoms with Crippen LogP contribution in [0.3, 0.4) is 0 Å². The number of hydrogen-bond donors (Lipinski definition) is 2. The second-order valence-corrected chi connectivity index (χ2v) is 5.17. The number of unbranched alkanes of at least 4 members (excludes halogenated alkanes) is 2. The normalized spacial score (nSPS) is 10.0. The zero-order valence-electron chi connectivity index (χ0n) is 14.1. The van der Waals surface area contributed by atoms with Crippen LogP contribution in [0.2, 0.25) is 0 Å². The number of hydrogen-bond acceptors (Lipinski definition) is 4. The molecule has 0 atom stereocenters. The van der Waals surface area contributed by atoms with Crippen LogP contribution in [0, 0.1) is 0 Å². The Morgan fingerprint density at radius 1 is 1.04 bits per heavy atom. The second-order valence-electron chi connectivity index (χ2n) is 5.17. The minimum Gasteiger partial charge on any atom is -0.493 e. The van der Waals surface area contributed by atoms with Crippen LogP contribution in [-0.2, 0) is 4.79 Å². The minimum absolute atomic E-state index is 0.193. The van der Waals surface area contributed by atoms with Crippen molar-refractivity contribution in [3.63, 3.8) is 0 Å². The number of rotatable bonds is 9. The van der Waals surface area contributed by atoms with Gasteiger partial charge in [-0.15, -0.1) is 0 Å². The Morgan fingerprint density at radius 3 is 2.48 bits per heavy atom. The molecule has 0 aliphatic heterocycles. The first kappa shape index (κ1) is 18.8. The molecule has 0 unspecified atom stereocenters. The molecule has 6 heteroatoms. The van der Waals surface area contributed by atoms with Gasteiger partial charge >= 0.3 is 0 Å². The summed E-state index contributed by atoms with van der Waals surface area (Å²) < 4.78 is 10.8. The summed E-state index contributed by atoms with van der Waals surface area (Å²) in [4.78, 5) is 23.6. The van der Waals surface area contributed by atoms with Crippen LogP contribution >= 0.6 is 0 Å². The highest BCUT2D eigenvalue weighted by Crippen LogP contribution is 2.28. The SMILES string of the molecule is CCCCCC(=O)NNC(=O)c1ccc(OCCC)c(OC)c1. The van der Waals surface area contributed by atoms with E-state index in [2.05, 4.69) is 17.8 Å². The molecule has 2 amide bonds. The molecular weight excluding hydrogens is 296 g/mol. The van der Waals surface area contributed by atoms with E-state index in [-0.39, 0.29) is 5.91 Å². The fourth-order valence-electron chi connectivity index (χ4n) is 1.94. The van der Waals surface area contributed by atoms with Gasteiger partial charge in [-0.2, -0.15) is 0 Å². The Morgan fingerprint density at radius 2 is 1.83 bits per heavy atom. The third kappa shape index (κ3) is 6.59. The van der Waals surface area contributed by atoms with Gasteiger partial charge in [-0.3, -0.25) is 20.4 Å². The summed E-state index contributed by atoms with van der Waals surface area (Å²) in [7, 11) is 1.52. The minimum atomic E-state index is -0.394. The van der Waals surface area contributed by atoms with Gasteiger partial charge in [0.05, 0.1) is 13.7 Å². The first-order chi connectivity index (χ1) is 11.1. The molecule has 0 saturated carbocycles. The number of hydrazine groups is 1. The van der Waals surface area contributed by atoms with Gasteiger partial charge in [-0.1, -0.05) is 26.7 Å². The number of carbonyl (C=O) groups is 2. The Kier molecular flexibility index (Phi) is 8.57. The topological polar surface area (TPSA) is 76.7 Å². The van der Waals surface area contributed by atoms with Crippen LogP contribution in [0.5, 0.6) is 11.5 Å². The molecule has 0 saturated heterocycles. The van der Waals surface area contributed by atoms with Gasteiger partial charge in [-0.25, -0.2) is 0 Å². The molecule has 2 N–H and O–H groups in total. The lowest BCUT2D eigenvalue weighted by Gasteiger charge is -2.12. The summed E-state index contributed by atoms with van der Waals surface area (Å²) in [6.45, 7) is 4.66. The Bertz CT molecular complexity index is 517. The molecule has 0 fully saturated rings. The maximum atomic E-state index is 12.1. The molecule has 1 rings (SSSR count). The highest BCUT2D eigenvalue weighted by molar-refractivity contribution is 5.96. The molecule has 6 nitrogen and oxygen atoms in total. The first-order valence-corrected chi connectivity index (χ1v) is 8.02. The summed E-state index contributed by atoms with van der Waals surface area (Å²) in [5.41, 5.74) is 5.21. The molecule has 23 heavy (non-hydrogen) atoms. The molecule has 0 bridgehead atoms. The third-order valence-corrected chi connectivity index (χ3v) is 3.21. The lowest BCUT2D eigenvalue weighted by atomic mass is 10.2. The summed E-state index contributed by atoms with van der Waals surface area (Å²) in [6, 6.07) is 4.90. The van der Waals surface area contributed by atoms with Gasteiger partial charge in [0.1, 0.15) is 0 Å². The monoisotopic (exact) mass is 322 g/mol. The van der Waals surface area contributed by atoms with Gasteiger partial charge in [0, 0.05) is 12.0 Å². The first-order valence-electron chi connectivity index (χ1n) is 8.02. The fourth-order valence-corrected chi connectivity index (χ4v) is 1.94. The van der Waals surface area contributed by atoms with E-state index in [1.165, 1.54) is 7.11 Å². The van der Waals surface area contributed by atoms with Crippen LogP contribution in [0.4, 0.5) is 0 Å². The van der Waals surface area contributed by atoms with E-state index in [1.54, 1.807) is 18.2 Å². The standard InChI is InChI=1S/C17H26N2O4/c1-4-6-7-8-16(20)18-19-17(21)13-9-10-14(23-11-5-2)15(12-13)22-3/h9-10,12H,4-8,11H2,1-3H3,(H,18,20)(H,19,21). The van der Waals surface area contributed by atoms with Crippen molar-refractivity contribution in [2.75, 3.05) is 13.7 Å². The summed E-state index contributed by atoms with van der Waals surface area (Å²) in [5.74, 6) is 0.491. The van der Waals surface area contributed by atoms with Crippen molar-refractivity contribution in [2.24, 2.45) is 0 Å². The number of carbonyl (C=O) groups excluding carboxylic acids is 2. The molecule has 1 aromatic rings. The van der Waals surface area contributed by atoms with Crippen molar-refractivity contribution in [3.05, 3.63) is 23.8 Å². The lowest BCUT2D eigenvalue weighted by molar-refractivity contribution is -0.121. The van der Waals surface area contributed by atoms with E-state index in [4.69, 9.17) is 9.47 Å². The molecule has 0 aromatic heterocycles. The fraction of sp³-hybridized carbons (Fsp3) is 0.529. The van der Waals surface area contributed by atoms with Gasteiger partial charge in [0.15, 0.2) is 11.5 Å². The van der Waals surface area contributed by atoms with E-state index in [1.807, 2.05) is 6.92 Å². The molecule has 128 valence electrons. The highest BCUT2D eigenvalue weighted by atomic mass is 16.5. The Hall–Kier alpha value is -2.24. The van der Waals surface area contributed by atoms with E-state index < -0.39 is 5.91 Å². The predicted octanol–water partition coefficient (Wildman–Crippen LogP) is 2.83. The molecule has 0 aliphatic rings. The smallest absolute Gasteiger partial charge is 0.269 e.